The highest BCUT2D eigenvalue weighted by Crippen LogP contribution is 2.46. The van der Waals surface area contributed by atoms with Crippen LogP contribution in [0, 0.1) is 0 Å². The van der Waals surface area contributed by atoms with Crippen molar-refractivity contribution in [3.8, 4) is 5.75 Å². The third kappa shape index (κ3) is 2.34. The molecule has 1 unspecified atom stereocenters. The molecule has 1 atom stereocenters. The molecular weight excluding hydrogens is 306 g/mol. The van der Waals surface area contributed by atoms with Crippen molar-refractivity contribution in [1.29, 1.82) is 0 Å². The number of methoxy groups -OCH3 is 1. The molecule has 0 saturated carbocycles. The van der Waals surface area contributed by atoms with Gasteiger partial charge in [0, 0.05) is 29.0 Å². The van der Waals surface area contributed by atoms with Crippen LogP contribution in [-0.2, 0) is 0 Å². The maximum atomic E-state index is 13.0. The highest BCUT2D eigenvalue weighted by molar-refractivity contribution is 7.99. The Morgan fingerprint density at radius 3 is 2.57 bits per heavy atom. The van der Waals surface area contributed by atoms with Gasteiger partial charge in [-0.25, -0.2) is 0 Å². The largest absolute Gasteiger partial charge is 0.497 e. The van der Waals surface area contributed by atoms with Crippen molar-refractivity contribution in [2.24, 2.45) is 0 Å². The zero-order valence-electron chi connectivity index (χ0n) is 12.8. The molecule has 0 bridgehead atoms. The highest BCUT2D eigenvalue weighted by atomic mass is 32.2. The minimum absolute atomic E-state index is 0.0609. The Morgan fingerprint density at radius 2 is 1.83 bits per heavy atom. The fraction of sp³-hybridized carbons (Fsp3) is 0.211. The number of benzene rings is 2. The van der Waals surface area contributed by atoms with Crippen molar-refractivity contribution in [3.05, 3.63) is 70.8 Å². The predicted molar refractivity (Wildman–Crippen MR) is 93.9 cm³/mol. The molecular formula is C19H17NO2S. The third-order valence-electron chi connectivity index (χ3n) is 4.32. The molecule has 0 spiro atoms. The van der Waals surface area contributed by atoms with Crippen LogP contribution in [0.4, 0.5) is 0 Å². The van der Waals surface area contributed by atoms with E-state index in [0.29, 0.717) is 0 Å². The highest BCUT2D eigenvalue weighted by Gasteiger charge is 2.36. The Hall–Kier alpha value is -2.20. The molecule has 1 aliphatic heterocycles. The molecule has 116 valence electrons. The quantitative estimate of drug-likeness (QED) is 0.915. The lowest BCUT2D eigenvalue weighted by atomic mass is 10.0. The number of hydrogen-bond acceptors (Lipinski definition) is 4. The summed E-state index contributed by atoms with van der Waals surface area (Å²) in [5, 5.41) is 3.53. The summed E-state index contributed by atoms with van der Waals surface area (Å²) in [4.78, 5) is 13.0. The van der Waals surface area contributed by atoms with Crippen LogP contribution in [0.5, 0.6) is 5.75 Å². The topological polar surface area (TPSA) is 38.3 Å². The smallest absolute Gasteiger partial charge is 0.193 e. The first-order chi connectivity index (χ1) is 11.3. The SMILES string of the molecule is COc1ccc(C2SCCNC3=C2C(=O)c2ccccc23)cc1. The van der Waals surface area contributed by atoms with Gasteiger partial charge >= 0.3 is 0 Å². The number of carbonyl (C=O) groups is 1. The van der Waals surface area contributed by atoms with Crippen molar-refractivity contribution in [1.82, 2.24) is 5.32 Å². The fourth-order valence-corrected chi connectivity index (χ4v) is 4.42. The summed E-state index contributed by atoms with van der Waals surface area (Å²) in [5.74, 6) is 1.96. The van der Waals surface area contributed by atoms with E-state index in [2.05, 4.69) is 17.4 Å². The number of ether oxygens (including phenoxy) is 1. The van der Waals surface area contributed by atoms with Crippen LogP contribution < -0.4 is 10.1 Å². The molecule has 0 amide bonds. The van der Waals surface area contributed by atoms with Crippen molar-refractivity contribution in [2.75, 3.05) is 19.4 Å². The number of thioether (sulfide) groups is 1. The molecule has 0 fully saturated rings. The van der Waals surface area contributed by atoms with Crippen LogP contribution in [0.15, 0.2) is 54.1 Å². The summed E-state index contributed by atoms with van der Waals surface area (Å²) in [7, 11) is 1.66. The molecule has 0 radical (unpaired) electrons. The first kappa shape index (κ1) is 14.4. The molecule has 23 heavy (non-hydrogen) atoms. The normalized spacial score (nSPS) is 19.7. The summed E-state index contributed by atoms with van der Waals surface area (Å²) in [6, 6.07) is 15.9. The van der Waals surface area contributed by atoms with Crippen LogP contribution in [-0.4, -0.2) is 25.2 Å². The molecule has 0 aromatic heterocycles. The van der Waals surface area contributed by atoms with Gasteiger partial charge in [0.15, 0.2) is 5.78 Å². The van der Waals surface area contributed by atoms with Crippen molar-refractivity contribution < 1.29 is 9.53 Å². The number of ketones is 1. The first-order valence-electron chi connectivity index (χ1n) is 7.67. The average molecular weight is 323 g/mol. The second kappa shape index (κ2) is 5.78. The van der Waals surface area contributed by atoms with Gasteiger partial charge < -0.3 is 10.1 Å². The molecule has 1 N–H and O–H groups in total. The van der Waals surface area contributed by atoms with E-state index in [0.717, 1.165) is 46.0 Å². The number of fused-ring (bicyclic) bond motifs is 2. The summed E-state index contributed by atoms with van der Waals surface area (Å²) in [6.45, 7) is 0.873. The minimum atomic E-state index is 0.0609. The van der Waals surface area contributed by atoms with Crippen molar-refractivity contribution in [3.63, 3.8) is 0 Å². The van der Waals surface area contributed by atoms with Gasteiger partial charge in [-0.2, -0.15) is 0 Å². The van der Waals surface area contributed by atoms with Gasteiger partial charge in [-0.05, 0) is 17.7 Å². The molecule has 0 saturated heterocycles. The summed E-state index contributed by atoms with van der Waals surface area (Å²) >= 11 is 1.82. The van der Waals surface area contributed by atoms with Crippen LogP contribution in [0.3, 0.4) is 0 Å². The van der Waals surface area contributed by atoms with Gasteiger partial charge in [-0.1, -0.05) is 36.4 Å². The van der Waals surface area contributed by atoms with E-state index in [1.807, 2.05) is 48.2 Å². The number of rotatable bonds is 2. The van der Waals surface area contributed by atoms with Gasteiger partial charge in [0.05, 0.1) is 18.1 Å². The molecule has 1 heterocycles. The number of carbonyl (C=O) groups excluding carboxylic acids is 1. The lowest BCUT2D eigenvalue weighted by molar-refractivity contribution is 0.103. The molecule has 4 heteroatoms. The van der Waals surface area contributed by atoms with E-state index in [9.17, 15) is 4.79 Å². The Balaban J connectivity index is 1.81. The Kier molecular flexibility index (Phi) is 3.62. The third-order valence-corrected chi connectivity index (χ3v) is 5.61. The standard InChI is InChI=1S/C19H17NO2S/c1-22-13-8-6-12(7-9-13)19-16-17(20-10-11-23-19)14-4-2-3-5-15(14)18(16)21/h2-9,19-20H,10-11H2,1H3. The first-order valence-corrected chi connectivity index (χ1v) is 8.72. The van der Waals surface area contributed by atoms with Crippen LogP contribution in [0.25, 0.3) is 5.70 Å². The van der Waals surface area contributed by atoms with E-state index in [4.69, 9.17) is 4.74 Å². The Morgan fingerprint density at radius 1 is 1.09 bits per heavy atom. The number of nitrogens with one attached hydrogen (secondary N) is 1. The second-order valence-corrected chi connectivity index (χ2v) is 6.83. The molecule has 3 nitrogen and oxygen atoms in total. The Bertz CT molecular complexity index is 795. The average Bonchev–Trinajstić information content (AvgIpc) is 2.77. The maximum Gasteiger partial charge on any atom is 0.193 e. The maximum absolute atomic E-state index is 13.0. The van der Waals surface area contributed by atoms with Crippen LogP contribution in [0.1, 0.15) is 26.7 Å². The summed E-state index contributed by atoms with van der Waals surface area (Å²) < 4.78 is 5.24. The molecule has 2 aromatic carbocycles. The zero-order valence-corrected chi connectivity index (χ0v) is 13.7. The van der Waals surface area contributed by atoms with E-state index < -0.39 is 0 Å². The van der Waals surface area contributed by atoms with Gasteiger partial charge in [0.1, 0.15) is 5.75 Å². The van der Waals surface area contributed by atoms with Gasteiger partial charge in [-0.15, -0.1) is 11.8 Å². The van der Waals surface area contributed by atoms with E-state index >= 15 is 0 Å². The second-order valence-electron chi connectivity index (χ2n) is 5.61. The minimum Gasteiger partial charge on any atom is -0.497 e. The zero-order chi connectivity index (χ0) is 15.8. The van der Waals surface area contributed by atoms with Crippen molar-refractivity contribution in [2.45, 2.75) is 5.25 Å². The molecule has 2 aliphatic rings. The lowest BCUT2D eigenvalue weighted by Crippen LogP contribution is -2.13. The van der Waals surface area contributed by atoms with E-state index in [1.165, 1.54) is 0 Å². The van der Waals surface area contributed by atoms with E-state index in [-0.39, 0.29) is 11.0 Å². The molecule has 2 aromatic rings. The predicted octanol–water partition coefficient (Wildman–Crippen LogP) is 3.68. The number of Topliss-reactive ketones (excluding diaryl/α,β-unsaturated/α-hetero) is 1. The number of hydrogen-bond donors (Lipinski definition) is 1. The lowest BCUT2D eigenvalue weighted by Gasteiger charge is -2.17. The fourth-order valence-electron chi connectivity index (χ4n) is 3.22. The van der Waals surface area contributed by atoms with Gasteiger partial charge in [0.2, 0.25) is 0 Å². The van der Waals surface area contributed by atoms with Crippen LogP contribution >= 0.6 is 11.8 Å². The monoisotopic (exact) mass is 323 g/mol. The van der Waals surface area contributed by atoms with E-state index in [1.54, 1.807) is 7.11 Å². The molecule has 4 rings (SSSR count). The van der Waals surface area contributed by atoms with Gasteiger partial charge in [0.25, 0.3) is 0 Å². The molecule has 1 aliphatic carbocycles. The summed E-state index contributed by atoms with van der Waals surface area (Å²) in [5.41, 5.74) is 4.89. The van der Waals surface area contributed by atoms with Gasteiger partial charge in [-0.3, -0.25) is 4.79 Å². The van der Waals surface area contributed by atoms with Crippen LogP contribution in [0.2, 0.25) is 0 Å². The van der Waals surface area contributed by atoms with Crippen molar-refractivity contribution >= 4 is 23.2 Å². The Labute approximate surface area is 139 Å². The summed E-state index contributed by atoms with van der Waals surface area (Å²) in [6.07, 6.45) is 0.